The van der Waals surface area contributed by atoms with Crippen molar-refractivity contribution in [2.45, 2.75) is 78.6 Å². The highest BCUT2D eigenvalue weighted by molar-refractivity contribution is 5.47. The molecule has 0 atom stereocenters. The van der Waals surface area contributed by atoms with Crippen molar-refractivity contribution in [1.29, 1.82) is 0 Å². The summed E-state index contributed by atoms with van der Waals surface area (Å²) in [7, 11) is 0. The Kier molecular flexibility index (Phi) is 9.25. The van der Waals surface area contributed by atoms with Crippen LogP contribution in [0.5, 0.6) is 0 Å². The van der Waals surface area contributed by atoms with Crippen LogP contribution in [0.1, 0.15) is 82.6 Å². The summed E-state index contributed by atoms with van der Waals surface area (Å²) in [5, 5.41) is 3.11. The molecule has 0 saturated heterocycles. The maximum Gasteiger partial charge on any atom is 0.0208 e. The zero-order valence-electron chi connectivity index (χ0n) is 18.9. The predicted molar refractivity (Wildman–Crippen MR) is 124 cm³/mol. The van der Waals surface area contributed by atoms with Gasteiger partial charge in [-0.1, -0.05) is 83.1 Å². The van der Waals surface area contributed by atoms with Gasteiger partial charge in [0.25, 0.3) is 0 Å². The molecule has 0 aliphatic heterocycles. The van der Waals surface area contributed by atoms with Crippen LogP contribution < -0.4 is 5.32 Å². The van der Waals surface area contributed by atoms with Crippen molar-refractivity contribution in [1.82, 2.24) is 5.32 Å². The third-order valence-electron chi connectivity index (χ3n) is 6.46. The van der Waals surface area contributed by atoms with E-state index in [1.165, 1.54) is 36.8 Å². The molecule has 0 bridgehead atoms. The van der Waals surface area contributed by atoms with E-state index in [9.17, 15) is 0 Å². The molecule has 1 aliphatic rings. The molecule has 2 aromatic carbocycles. The summed E-state index contributed by atoms with van der Waals surface area (Å²) in [6, 6.07) is 18.4. The molecule has 1 heteroatoms. The predicted octanol–water partition coefficient (Wildman–Crippen LogP) is 6.92. The summed E-state index contributed by atoms with van der Waals surface area (Å²) in [6.07, 6.45) is 7.53. The SMILES string of the molecule is CCNCC.CCc1ccccc1C1(c2ccccc2CC)CCC(C)CC1. The van der Waals surface area contributed by atoms with Crippen LogP contribution in [0.3, 0.4) is 0 Å². The van der Waals surface area contributed by atoms with E-state index in [0.29, 0.717) is 0 Å². The Morgan fingerprint density at radius 1 is 0.750 bits per heavy atom. The van der Waals surface area contributed by atoms with Gasteiger partial charge in [0.15, 0.2) is 0 Å². The third kappa shape index (κ3) is 5.26. The molecule has 154 valence electrons. The summed E-state index contributed by atoms with van der Waals surface area (Å²) >= 11 is 0. The Morgan fingerprint density at radius 3 is 1.54 bits per heavy atom. The van der Waals surface area contributed by atoms with Crippen LogP contribution in [-0.4, -0.2) is 13.1 Å². The average Bonchev–Trinajstić information content (AvgIpc) is 2.75. The lowest BCUT2D eigenvalue weighted by Crippen LogP contribution is -2.34. The van der Waals surface area contributed by atoms with Gasteiger partial charge in [-0.05, 0) is 79.8 Å². The van der Waals surface area contributed by atoms with Crippen molar-refractivity contribution in [3.63, 3.8) is 0 Å². The van der Waals surface area contributed by atoms with Crippen molar-refractivity contribution in [2.75, 3.05) is 13.1 Å². The summed E-state index contributed by atoms with van der Waals surface area (Å²) in [5.74, 6) is 0.866. The number of hydrogen-bond acceptors (Lipinski definition) is 1. The number of rotatable bonds is 6. The molecule has 1 nitrogen and oxygen atoms in total. The highest BCUT2D eigenvalue weighted by atomic mass is 14.8. The minimum Gasteiger partial charge on any atom is -0.317 e. The molecule has 1 aliphatic carbocycles. The average molecular weight is 380 g/mol. The topological polar surface area (TPSA) is 12.0 Å². The first-order valence-corrected chi connectivity index (χ1v) is 11.5. The minimum atomic E-state index is 0.228. The molecule has 0 spiro atoms. The van der Waals surface area contributed by atoms with Crippen LogP contribution in [0.4, 0.5) is 0 Å². The Hall–Kier alpha value is -1.60. The van der Waals surface area contributed by atoms with Crippen LogP contribution in [0.2, 0.25) is 0 Å². The fourth-order valence-electron chi connectivity index (χ4n) is 4.78. The standard InChI is InChI=1S/C23H30.C4H11N/c1-4-19-10-6-8-12-21(19)23(16-14-18(3)15-17-23)22-13-9-7-11-20(22)5-2;1-3-5-4-2/h6-13,18H,4-5,14-17H2,1-3H3;5H,3-4H2,1-2H3. The first kappa shape index (κ1) is 22.7. The molecular formula is C27H41N. The zero-order valence-corrected chi connectivity index (χ0v) is 18.9. The van der Waals surface area contributed by atoms with Gasteiger partial charge in [-0.3, -0.25) is 0 Å². The number of benzene rings is 2. The van der Waals surface area contributed by atoms with E-state index in [-0.39, 0.29) is 5.41 Å². The van der Waals surface area contributed by atoms with Crippen LogP contribution in [-0.2, 0) is 18.3 Å². The van der Waals surface area contributed by atoms with Gasteiger partial charge in [0, 0.05) is 5.41 Å². The Bertz CT molecular complexity index is 643. The van der Waals surface area contributed by atoms with E-state index in [0.717, 1.165) is 31.8 Å². The normalized spacial score (nSPS) is 16.3. The minimum absolute atomic E-state index is 0.228. The quantitative estimate of drug-likeness (QED) is 0.574. The van der Waals surface area contributed by atoms with Crippen LogP contribution in [0, 0.1) is 5.92 Å². The van der Waals surface area contributed by atoms with E-state index in [4.69, 9.17) is 0 Å². The van der Waals surface area contributed by atoms with Gasteiger partial charge < -0.3 is 5.32 Å². The van der Waals surface area contributed by atoms with Gasteiger partial charge in [0.1, 0.15) is 0 Å². The van der Waals surface area contributed by atoms with Gasteiger partial charge in [-0.15, -0.1) is 0 Å². The second kappa shape index (κ2) is 11.4. The fraction of sp³-hybridized carbons (Fsp3) is 0.556. The highest BCUT2D eigenvalue weighted by Gasteiger charge is 2.39. The first-order valence-electron chi connectivity index (χ1n) is 11.5. The third-order valence-corrected chi connectivity index (χ3v) is 6.46. The van der Waals surface area contributed by atoms with Gasteiger partial charge in [-0.25, -0.2) is 0 Å². The van der Waals surface area contributed by atoms with Gasteiger partial charge in [0.2, 0.25) is 0 Å². The van der Waals surface area contributed by atoms with Crippen molar-refractivity contribution in [3.8, 4) is 0 Å². The van der Waals surface area contributed by atoms with E-state index in [2.05, 4.69) is 88.5 Å². The largest absolute Gasteiger partial charge is 0.317 e. The molecule has 0 radical (unpaired) electrons. The highest BCUT2D eigenvalue weighted by Crippen LogP contribution is 2.48. The van der Waals surface area contributed by atoms with Crippen LogP contribution in [0.25, 0.3) is 0 Å². The Balaban J connectivity index is 0.000000500. The smallest absolute Gasteiger partial charge is 0.0208 e. The molecular weight excluding hydrogens is 338 g/mol. The lowest BCUT2D eigenvalue weighted by Gasteiger charge is -2.43. The second-order valence-electron chi connectivity index (χ2n) is 8.24. The number of hydrogen-bond donors (Lipinski definition) is 1. The maximum atomic E-state index is 3.11. The maximum absolute atomic E-state index is 3.11. The lowest BCUT2D eigenvalue weighted by atomic mass is 9.61. The van der Waals surface area contributed by atoms with Crippen LogP contribution in [0.15, 0.2) is 48.5 Å². The summed E-state index contributed by atoms with van der Waals surface area (Å²) in [6.45, 7) is 13.4. The monoisotopic (exact) mass is 379 g/mol. The van der Waals surface area contributed by atoms with Crippen molar-refractivity contribution < 1.29 is 0 Å². The lowest BCUT2D eigenvalue weighted by molar-refractivity contribution is 0.278. The summed E-state index contributed by atoms with van der Waals surface area (Å²) in [5.41, 5.74) is 6.48. The molecule has 0 amide bonds. The summed E-state index contributed by atoms with van der Waals surface area (Å²) in [4.78, 5) is 0. The van der Waals surface area contributed by atoms with Gasteiger partial charge >= 0.3 is 0 Å². The van der Waals surface area contributed by atoms with E-state index >= 15 is 0 Å². The summed E-state index contributed by atoms with van der Waals surface area (Å²) < 4.78 is 0. The van der Waals surface area contributed by atoms with Crippen LogP contribution >= 0.6 is 0 Å². The first-order chi connectivity index (χ1) is 13.6. The van der Waals surface area contributed by atoms with Gasteiger partial charge in [0.05, 0.1) is 0 Å². The van der Waals surface area contributed by atoms with E-state index in [1.54, 1.807) is 11.1 Å². The number of aryl methyl sites for hydroxylation is 2. The molecule has 0 aromatic heterocycles. The molecule has 0 heterocycles. The molecule has 2 aromatic rings. The molecule has 1 fully saturated rings. The molecule has 1 N–H and O–H groups in total. The van der Waals surface area contributed by atoms with Crippen molar-refractivity contribution in [2.24, 2.45) is 5.92 Å². The van der Waals surface area contributed by atoms with Gasteiger partial charge in [-0.2, -0.15) is 0 Å². The second-order valence-corrected chi connectivity index (χ2v) is 8.24. The van der Waals surface area contributed by atoms with E-state index < -0.39 is 0 Å². The number of nitrogens with one attached hydrogen (secondary N) is 1. The molecule has 28 heavy (non-hydrogen) atoms. The fourth-order valence-corrected chi connectivity index (χ4v) is 4.78. The molecule has 0 unspecified atom stereocenters. The van der Waals surface area contributed by atoms with E-state index in [1.807, 2.05) is 0 Å². The Labute approximate surface area is 174 Å². The molecule has 1 saturated carbocycles. The molecule has 3 rings (SSSR count). The van der Waals surface area contributed by atoms with Crippen molar-refractivity contribution >= 4 is 0 Å². The Morgan fingerprint density at radius 2 is 1.18 bits per heavy atom. The van der Waals surface area contributed by atoms with Crippen molar-refractivity contribution in [3.05, 3.63) is 70.8 Å². The zero-order chi connectivity index (χ0) is 20.4.